The Kier molecular flexibility index (Phi) is 5.59. The first-order chi connectivity index (χ1) is 9.40. The van der Waals surface area contributed by atoms with E-state index in [2.05, 4.69) is 17.3 Å². The Morgan fingerprint density at radius 3 is 2.79 bits per heavy atom. The van der Waals surface area contributed by atoms with Crippen LogP contribution < -0.4 is 5.32 Å². The molecule has 1 aromatic carbocycles. The Labute approximate surface area is 114 Å². The maximum atomic E-state index is 5.58. The molecule has 1 heterocycles. The number of nitrogens with zero attached hydrogens (tertiary/aromatic N) is 2. The fraction of sp³-hybridized carbons (Fsp3) is 0.400. The number of hydrogen-bond acceptors (Lipinski definition) is 3. The molecule has 0 amide bonds. The summed E-state index contributed by atoms with van der Waals surface area (Å²) in [7, 11) is 0. The zero-order valence-corrected chi connectivity index (χ0v) is 11.4. The highest BCUT2D eigenvalue weighted by atomic mass is 16.5. The molecule has 0 aliphatic carbocycles. The van der Waals surface area contributed by atoms with Gasteiger partial charge >= 0.3 is 0 Å². The molecule has 0 aliphatic heterocycles. The zero-order valence-electron chi connectivity index (χ0n) is 11.4. The van der Waals surface area contributed by atoms with Crippen LogP contribution in [-0.2, 0) is 11.3 Å². The molecular formula is C15H21N3O. The molecule has 0 radical (unpaired) electrons. The highest BCUT2D eigenvalue weighted by Crippen LogP contribution is 2.07. The second kappa shape index (κ2) is 7.71. The van der Waals surface area contributed by atoms with Gasteiger partial charge in [-0.2, -0.15) is 5.10 Å². The summed E-state index contributed by atoms with van der Waals surface area (Å²) in [5, 5.41) is 7.79. The summed E-state index contributed by atoms with van der Waals surface area (Å²) in [5.41, 5.74) is 2.03. The van der Waals surface area contributed by atoms with Crippen molar-refractivity contribution in [2.24, 2.45) is 0 Å². The quantitative estimate of drug-likeness (QED) is 0.740. The first-order valence-corrected chi connectivity index (χ1v) is 6.78. The molecule has 0 spiro atoms. The van der Waals surface area contributed by atoms with E-state index in [0.717, 1.165) is 37.5 Å². The predicted octanol–water partition coefficient (Wildman–Crippen LogP) is 2.39. The summed E-state index contributed by atoms with van der Waals surface area (Å²) >= 11 is 0. The van der Waals surface area contributed by atoms with E-state index in [9.17, 15) is 0 Å². The first kappa shape index (κ1) is 13.8. The maximum absolute atomic E-state index is 5.58. The van der Waals surface area contributed by atoms with Crippen molar-refractivity contribution in [2.45, 2.75) is 20.0 Å². The van der Waals surface area contributed by atoms with Crippen LogP contribution in [0.2, 0.25) is 0 Å². The van der Waals surface area contributed by atoms with Gasteiger partial charge in [-0.05, 0) is 31.2 Å². The molecule has 19 heavy (non-hydrogen) atoms. The van der Waals surface area contributed by atoms with Crippen LogP contribution in [0.5, 0.6) is 0 Å². The first-order valence-electron chi connectivity index (χ1n) is 6.78. The summed E-state index contributed by atoms with van der Waals surface area (Å²) in [6.45, 7) is 5.38. The van der Waals surface area contributed by atoms with Crippen molar-refractivity contribution < 1.29 is 4.74 Å². The molecular weight excluding hydrogens is 238 g/mol. The topological polar surface area (TPSA) is 39.1 Å². The number of nitrogens with one attached hydrogen (secondary N) is 1. The molecule has 4 heteroatoms. The fourth-order valence-electron chi connectivity index (χ4n) is 1.79. The van der Waals surface area contributed by atoms with E-state index >= 15 is 0 Å². The van der Waals surface area contributed by atoms with Crippen molar-refractivity contribution in [3.8, 4) is 5.69 Å². The third-order valence-electron chi connectivity index (χ3n) is 2.76. The predicted molar refractivity (Wildman–Crippen MR) is 76.4 cm³/mol. The zero-order chi connectivity index (χ0) is 13.3. The second-order valence-electron chi connectivity index (χ2n) is 4.39. The van der Waals surface area contributed by atoms with Crippen LogP contribution >= 0.6 is 0 Å². The van der Waals surface area contributed by atoms with Gasteiger partial charge in [-0.25, -0.2) is 4.68 Å². The average molecular weight is 259 g/mol. The molecule has 2 aromatic rings. The molecule has 0 aliphatic rings. The van der Waals surface area contributed by atoms with Gasteiger partial charge in [-0.1, -0.05) is 25.1 Å². The summed E-state index contributed by atoms with van der Waals surface area (Å²) in [6, 6.07) is 12.1. The standard InChI is InChI=1S/C15H21N3O/c1-2-9-16-10-12-19-13-14-8-11-18(17-14)15-6-4-3-5-7-15/h3-8,11,16H,2,9-10,12-13H2,1H3. The van der Waals surface area contributed by atoms with Crippen LogP contribution in [0.1, 0.15) is 19.0 Å². The summed E-state index contributed by atoms with van der Waals surface area (Å²) < 4.78 is 7.45. The van der Waals surface area contributed by atoms with Crippen LogP contribution in [-0.4, -0.2) is 29.5 Å². The minimum absolute atomic E-state index is 0.563. The monoisotopic (exact) mass is 259 g/mol. The summed E-state index contributed by atoms with van der Waals surface area (Å²) in [6.07, 6.45) is 3.12. The molecule has 0 fully saturated rings. The van der Waals surface area contributed by atoms with Crippen LogP contribution in [0, 0.1) is 0 Å². The van der Waals surface area contributed by atoms with Crippen LogP contribution in [0.25, 0.3) is 5.69 Å². The number of ether oxygens (including phenoxy) is 1. The van der Waals surface area contributed by atoms with Crippen LogP contribution in [0.4, 0.5) is 0 Å². The molecule has 0 saturated carbocycles. The van der Waals surface area contributed by atoms with E-state index in [1.807, 2.05) is 47.3 Å². The Hall–Kier alpha value is -1.65. The molecule has 4 nitrogen and oxygen atoms in total. The van der Waals surface area contributed by atoms with Gasteiger partial charge in [0.05, 0.1) is 24.6 Å². The van der Waals surface area contributed by atoms with Crippen molar-refractivity contribution in [1.29, 1.82) is 0 Å². The molecule has 0 bridgehead atoms. The van der Waals surface area contributed by atoms with Crippen LogP contribution in [0.3, 0.4) is 0 Å². The third kappa shape index (κ3) is 4.50. The lowest BCUT2D eigenvalue weighted by atomic mass is 10.3. The van der Waals surface area contributed by atoms with Gasteiger partial charge < -0.3 is 10.1 Å². The lowest BCUT2D eigenvalue weighted by Gasteiger charge is -2.03. The van der Waals surface area contributed by atoms with E-state index < -0.39 is 0 Å². The van der Waals surface area contributed by atoms with E-state index in [-0.39, 0.29) is 0 Å². The molecule has 2 rings (SSSR count). The molecule has 0 saturated heterocycles. The van der Waals surface area contributed by atoms with Gasteiger partial charge in [-0.3, -0.25) is 0 Å². The summed E-state index contributed by atoms with van der Waals surface area (Å²) in [4.78, 5) is 0. The molecule has 102 valence electrons. The minimum Gasteiger partial charge on any atom is -0.374 e. The number of hydrogen-bond donors (Lipinski definition) is 1. The normalized spacial score (nSPS) is 10.8. The highest BCUT2D eigenvalue weighted by molar-refractivity contribution is 5.30. The second-order valence-corrected chi connectivity index (χ2v) is 4.39. The average Bonchev–Trinajstić information content (AvgIpc) is 2.92. The molecule has 0 unspecified atom stereocenters. The lowest BCUT2D eigenvalue weighted by Crippen LogP contribution is -2.20. The van der Waals surface area contributed by atoms with Gasteiger partial charge in [0.25, 0.3) is 0 Å². The lowest BCUT2D eigenvalue weighted by molar-refractivity contribution is 0.120. The Balaban J connectivity index is 1.75. The van der Waals surface area contributed by atoms with Crippen molar-refractivity contribution in [3.63, 3.8) is 0 Å². The molecule has 1 N–H and O–H groups in total. The van der Waals surface area contributed by atoms with Gasteiger partial charge in [0, 0.05) is 12.7 Å². The Morgan fingerprint density at radius 1 is 1.16 bits per heavy atom. The van der Waals surface area contributed by atoms with Gasteiger partial charge in [-0.15, -0.1) is 0 Å². The minimum atomic E-state index is 0.563. The summed E-state index contributed by atoms with van der Waals surface area (Å²) in [5.74, 6) is 0. The Bertz CT molecular complexity index is 467. The number of aromatic nitrogens is 2. The number of rotatable bonds is 8. The largest absolute Gasteiger partial charge is 0.374 e. The van der Waals surface area contributed by atoms with Crippen molar-refractivity contribution in [2.75, 3.05) is 19.7 Å². The van der Waals surface area contributed by atoms with Crippen molar-refractivity contribution in [3.05, 3.63) is 48.3 Å². The van der Waals surface area contributed by atoms with Crippen LogP contribution in [0.15, 0.2) is 42.6 Å². The Morgan fingerprint density at radius 2 is 2.00 bits per heavy atom. The number of para-hydroxylation sites is 1. The number of benzene rings is 1. The van der Waals surface area contributed by atoms with E-state index in [4.69, 9.17) is 4.74 Å². The SMILES string of the molecule is CCCNCCOCc1ccn(-c2ccccc2)n1. The fourth-order valence-corrected chi connectivity index (χ4v) is 1.79. The van der Waals surface area contributed by atoms with E-state index in [0.29, 0.717) is 6.61 Å². The third-order valence-corrected chi connectivity index (χ3v) is 2.76. The smallest absolute Gasteiger partial charge is 0.0907 e. The van der Waals surface area contributed by atoms with Gasteiger partial charge in [0.1, 0.15) is 0 Å². The highest BCUT2D eigenvalue weighted by Gasteiger charge is 2.00. The molecule has 1 aromatic heterocycles. The van der Waals surface area contributed by atoms with E-state index in [1.54, 1.807) is 0 Å². The van der Waals surface area contributed by atoms with E-state index in [1.165, 1.54) is 0 Å². The van der Waals surface area contributed by atoms with Crippen molar-refractivity contribution >= 4 is 0 Å². The van der Waals surface area contributed by atoms with Gasteiger partial charge in [0.15, 0.2) is 0 Å². The van der Waals surface area contributed by atoms with Crippen molar-refractivity contribution in [1.82, 2.24) is 15.1 Å². The molecule has 0 atom stereocenters. The maximum Gasteiger partial charge on any atom is 0.0907 e. The van der Waals surface area contributed by atoms with Gasteiger partial charge in [0.2, 0.25) is 0 Å².